The lowest BCUT2D eigenvalue weighted by atomic mass is 9.97. The lowest BCUT2D eigenvalue weighted by Gasteiger charge is -2.35. The van der Waals surface area contributed by atoms with E-state index in [9.17, 15) is 15.2 Å². The standard InChI is InChI=1S/C15H18N4O3/c1-2-3-13(18-6-4-17-5-7-18)12-8-11(10-16)9-14(15(12)20)19(21)22/h2,8-9,13,17,20H,1,3-7H2/t13-/m0/s1. The van der Waals surface area contributed by atoms with Crippen LogP contribution in [0.3, 0.4) is 0 Å². The molecule has 1 fully saturated rings. The van der Waals surface area contributed by atoms with Crippen molar-refractivity contribution >= 4 is 5.69 Å². The maximum Gasteiger partial charge on any atom is 0.312 e. The highest BCUT2D eigenvalue weighted by Crippen LogP contribution is 2.38. The molecule has 1 aromatic rings. The first kappa shape index (κ1) is 15.9. The molecule has 116 valence electrons. The average molecular weight is 302 g/mol. The molecule has 1 atom stereocenters. The third-order valence-electron chi connectivity index (χ3n) is 3.79. The molecule has 0 saturated carbocycles. The Hall–Kier alpha value is -2.43. The first-order valence-corrected chi connectivity index (χ1v) is 7.05. The Morgan fingerprint density at radius 2 is 2.23 bits per heavy atom. The fraction of sp³-hybridized carbons (Fsp3) is 0.400. The molecule has 0 radical (unpaired) electrons. The summed E-state index contributed by atoms with van der Waals surface area (Å²) in [4.78, 5) is 12.6. The summed E-state index contributed by atoms with van der Waals surface area (Å²) >= 11 is 0. The number of benzene rings is 1. The number of phenolic OH excluding ortho intramolecular Hbond substituents is 1. The summed E-state index contributed by atoms with van der Waals surface area (Å²) in [5.74, 6) is -0.366. The Kier molecular flexibility index (Phi) is 5.09. The molecule has 0 aromatic heterocycles. The first-order valence-electron chi connectivity index (χ1n) is 7.05. The number of nitro benzene ring substituents is 1. The highest BCUT2D eigenvalue weighted by molar-refractivity contribution is 5.57. The lowest BCUT2D eigenvalue weighted by molar-refractivity contribution is -0.386. The zero-order chi connectivity index (χ0) is 16.1. The van der Waals surface area contributed by atoms with Crippen molar-refractivity contribution in [1.29, 1.82) is 5.26 Å². The molecule has 0 aliphatic carbocycles. The van der Waals surface area contributed by atoms with Crippen LogP contribution in [0.1, 0.15) is 23.6 Å². The zero-order valence-corrected chi connectivity index (χ0v) is 12.2. The Labute approximate surface area is 128 Å². The Bertz CT molecular complexity index is 618. The van der Waals surface area contributed by atoms with E-state index in [1.807, 2.05) is 6.07 Å². The highest BCUT2D eigenvalue weighted by Gasteiger charge is 2.28. The fourth-order valence-electron chi connectivity index (χ4n) is 2.72. The van der Waals surface area contributed by atoms with E-state index in [-0.39, 0.29) is 17.4 Å². The summed E-state index contributed by atoms with van der Waals surface area (Å²) in [5, 5.41) is 33.7. The molecule has 2 rings (SSSR count). The smallest absolute Gasteiger partial charge is 0.312 e. The van der Waals surface area contributed by atoms with Gasteiger partial charge in [-0.1, -0.05) is 6.08 Å². The number of nitrogens with one attached hydrogen (secondary N) is 1. The zero-order valence-electron chi connectivity index (χ0n) is 12.2. The van der Waals surface area contributed by atoms with Crippen LogP contribution >= 0.6 is 0 Å². The van der Waals surface area contributed by atoms with Crippen LogP contribution in [-0.4, -0.2) is 41.1 Å². The number of rotatable bonds is 5. The second kappa shape index (κ2) is 7.02. The summed E-state index contributed by atoms with van der Waals surface area (Å²) in [6, 6.07) is 4.31. The van der Waals surface area contributed by atoms with Crippen molar-refractivity contribution in [2.24, 2.45) is 0 Å². The Morgan fingerprint density at radius 1 is 1.55 bits per heavy atom. The lowest BCUT2D eigenvalue weighted by Crippen LogP contribution is -2.45. The molecule has 1 aliphatic heterocycles. The normalized spacial score (nSPS) is 16.7. The van der Waals surface area contributed by atoms with Gasteiger partial charge in [0.2, 0.25) is 0 Å². The minimum absolute atomic E-state index is 0.170. The number of nitro groups is 1. The van der Waals surface area contributed by atoms with Crippen molar-refractivity contribution in [3.63, 3.8) is 0 Å². The molecule has 7 heteroatoms. The van der Waals surface area contributed by atoms with Gasteiger partial charge in [0.05, 0.1) is 16.6 Å². The van der Waals surface area contributed by atoms with E-state index in [2.05, 4.69) is 16.8 Å². The largest absolute Gasteiger partial charge is 0.502 e. The molecular weight excluding hydrogens is 284 g/mol. The predicted molar refractivity (Wildman–Crippen MR) is 81.5 cm³/mol. The highest BCUT2D eigenvalue weighted by atomic mass is 16.6. The minimum Gasteiger partial charge on any atom is -0.502 e. The molecule has 22 heavy (non-hydrogen) atoms. The van der Waals surface area contributed by atoms with Crippen molar-refractivity contribution in [2.45, 2.75) is 12.5 Å². The van der Waals surface area contributed by atoms with E-state index >= 15 is 0 Å². The van der Waals surface area contributed by atoms with E-state index in [0.717, 1.165) is 32.2 Å². The van der Waals surface area contributed by atoms with Crippen molar-refractivity contribution in [1.82, 2.24) is 10.2 Å². The van der Waals surface area contributed by atoms with Gasteiger partial charge in [-0.25, -0.2) is 0 Å². The molecule has 1 aromatic carbocycles. The summed E-state index contributed by atoms with van der Waals surface area (Å²) in [5.41, 5.74) is 0.148. The predicted octanol–water partition coefficient (Wildman–Crippen LogP) is 1.69. The molecule has 0 amide bonds. The molecule has 0 spiro atoms. The van der Waals surface area contributed by atoms with Crippen molar-refractivity contribution in [2.75, 3.05) is 26.2 Å². The number of piperazine rings is 1. The molecular formula is C15H18N4O3. The van der Waals surface area contributed by atoms with Crippen molar-refractivity contribution in [3.8, 4) is 11.8 Å². The third kappa shape index (κ3) is 3.24. The van der Waals surface area contributed by atoms with Crippen LogP contribution < -0.4 is 5.32 Å². The maximum atomic E-state index is 11.1. The molecule has 0 unspecified atom stereocenters. The van der Waals surface area contributed by atoms with Crippen LogP contribution in [0.4, 0.5) is 5.69 Å². The van der Waals surface area contributed by atoms with Crippen LogP contribution in [-0.2, 0) is 0 Å². The average Bonchev–Trinajstić information content (AvgIpc) is 2.53. The monoisotopic (exact) mass is 302 g/mol. The van der Waals surface area contributed by atoms with Gasteiger partial charge in [0.1, 0.15) is 0 Å². The van der Waals surface area contributed by atoms with E-state index in [4.69, 9.17) is 5.26 Å². The fourth-order valence-corrected chi connectivity index (χ4v) is 2.72. The second-order valence-corrected chi connectivity index (χ2v) is 5.13. The van der Waals surface area contributed by atoms with Crippen LogP contribution in [0.2, 0.25) is 0 Å². The number of nitrogens with zero attached hydrogens (tertiary/aromatic N) is 3. The molecule has 0 bridgehead atoms. The number of phenols is 1. The number of aromatic hydroxyl groups is 1. The SMILES string of the molecule is C=CC[C@@H](c1cc(C#N)cc([N+](=O)[O-])c1O)N1CCNCC1. The number of hydrogen-bond donors (Lipinski definition) is 2. The van der Waals surface area contributed by atoms with Gasteiger partial charge < -0.3 is 10.4 Å². The summed E-state index contributed by atoms with van der Waals surface area (Å²) in [7, 11) is 0. The van der Waals surface area contributed by atoms with E-state index in [1.165, 1.54) is 6.07 Å². The van der Waals surface area contributed by atoms with Crippen molar-refractivity contribution in [3.05, 3.63) is 46.0 Å². The van der Waals surface area contributed by atoms with E-state index in [1.54, 1.807) is 6.08 Å². The van der Waals surface area contributed by atoms with E-state index < -0.39 is 10.6 Å². The van der Waals surface area contributed by atoms with Gasteiger partial charge in [-0.3, -0.25) is 15.0 Å². The number of hydrogen-bond acceptors (Lipinski definition) is 6. The van der Waals surface area contributed by atoms with Gasteiger partial charge in [0.25, 0.3) is 0 Å². The second-order valence-electron chi connectivity index (χ2n) is 5.13. The maximum absolute atomic E-state index is 11.1. The van der Waals surface area contributed by atoms with Crippen LogP contribution in [0.25, 0.3) is 0 Å². The number of nitriles is 1. The Morgan fingerprint density at radius 3 is 2.77 bits per heavy atom. The van der Waals surface area contributed by atoms with Crippen molar-refractivity contribution < 1.29 is 10.0 Å². The third-order valence-corrected chi connectivity index (χ3v) is 3.79. The summed E-state index contributed by atoms with van der Waals surface area (Å²) < 4.78 is 0. The van der Waals surface area contributed by atoms with Gasteiger partial charge in [0, 0.05) is 43.9 Å². The van der Waals surface area contributed by atoms with Gasteiger partial charge >= 0.3 is 5.69 Å². The van der Waals surface area contributed by atoms with Crippen LogP contribution in [0.5, 0.6) is 5.75 Å². The summed E-state index contributed by atoms with van der Waals surface area (Å²) in [6.45, 7) is 6.89. The van der Waals surface area contributed by atoms with Crippen LogP contribution in [0.15, 0.2) is 24.8 Å². The molecule has 1 heterocycles. The van der Waals surface area contributed by atoms with Gasteiger partial charge in [0.15, 0.2) is 5.75 Å². The van der Waals surface area contributed by atoms with Gasteiger partial charge in [-0.15, -0.1) is 6.58 Å². The first-order chi connectivity index (χ1) is 10.6. The van der Waals surface area contributed by atoms with Gasteiger partial charge in [-0.05, 0) is 12.5 Å². The van der Waals surface area contributed by atoms with Gasteiger partial charge in [-0.2, -0.15) is 5.26 Å². The topological polar surface area (TPSA) is 102 Å². The molecule has 7 nitrogen and oxygen atoms in total. The molecule has 1 aliphatic rings. The molecule has 1 saturated heterocycles. The molecule has 2 N–H and O–H groups in total. The van der Waals surface area contributed by atoms with E-state index in [0.29, 0.717) is 12.0 Å². The quantitative estimate of drug-likeness (QED) is 0.487. The Balaban J connectivity index is 2.50. The summed E-state index contributed by atoms with van der Waals surface area (Å²) in [6.07, 6.45) is 2.26. The minimum atomic E-state index is -0.664. The van der Waals surface area contributed by atoms with Crippen LogP contribution in [0, 0.1) is 21.4 Å².